The molecule has 214 valence electrons. The van der Waals surface area contributed by atoms with Crippen molar-refractivity contribution in [1.82, 2.24) is 10.3 Å². The Morgan fingerprint density at radius 1 is 1.02 bits per heavy atom. The van der Waals surface area contributed by atoms with Crippen LogP contribution in [0.1, 0.15) is 88.3 Å². The molecule has 1 amide bonds. The number of nitrogen functional groups attached to an aromatic ring is 1. The van der Waals surface area contributed by atoms with Crippen molar-refractivity contribution >= 4 is 29.2 Å². The fourth-order valence-corrected chi connectivity index (χ4v) is 5.04. The van der Waals surface area contributed by atoms with E-state index in [1.54, 1.807) is 38.6 Å². The van der Waals surface area contributed by atoms with Gasteiger partial charge in [0.05, 0.1) is 25.5 Å². The van der Waals surface area contributed by atoms with Crippen molar-refractivity contribution in [3.05, 3.63) is 47.2 Å². The normalized spacial score (nSPS) is 19.8. The number of pyridine rings is 1. The van der Waals surface area contributed by atoms with Crippen molar-refractivity contribution in [2.45, 2.75) is 83.7 Å². The van der Waals surface area contributed by atoms with Crippen LogP contribution in [0.5, 0.6) is 11.5 Å². The number of amides is 1. The number of carbonyl (C=O) groups is 1. The first kappa shape index (κ1) is 30.6. The number of hydrogen-bond donors (Lipinski definition) is 4. The van der Waals surface area contributed by atoms with Crippen molar-refractivity contribution in [3.8, 4) is 23.3 Å². The van der Waals surface area contributed by atoms with Crippen LogP contribution in [0, 0.1) is 17.3 Å². The lowest BCUT2D eigenvalue weighted by molar-refractivity contribution is -0.122. The molecule has 2 atom stereocenters. The van der Waals surface area contributed by atoms with Crippen LogP contribution in [0.15, 0.2) is 30.5 Å². The van der Waals surface area contributed by atoms with E-state index in [1.807, 2.05) is 13.8 Å². The first-order valence-electron chi connectivity index (χ1n) is 14.3. The molecule has 40 heavy (non-hydrogen) atoms. The molecule has 4 rings (SSSR count). The zero-order chi connectivity index (χ0) is 28.9. The monoisotopic (exact) mass is 545 g/mol. The molecule has 8 heteroatoms. The van der Waals surface area contributed by atoms with Crippen LogP contribution in [0.4, 0.5) is 11.5 Å². The fourth-order valence-electron chi connectivity index (χ4n) is 5.04. The Morgan fingerprint density at radius 3 is 2.42 bits per heavy atom. The number of aromatic nitrogens is 1. The zero-order valence-electron chi connectivity index (χ0n) is 24.2. The first-order chi connectivity index (χ1) is 19.5. The molecule has 1 aliphatic carbocycles. The van der Waals surface area contributed by atoms with Crippen molar-refractivity contribution in [1.29, 1.82) is 5.41 Å². The second kappa shape index (κ2) is 15.6. The number of allylic oxidation sites excluding steroid dienone is 1. The van der Waals surface area contributed by atoms with E-state index in [2.05, 4.69) is 39.6 Å². The van der Waals surface area contributed by atoms with Crippen molar-refractivity contribution in [2.24, 2.45) is 0 Å². The van der Waals surface area contributed by atoms with Gasteiger partial charge in [0, 0.05) is 41.9 Å². The van der Waals surface area contributed by atoms with Gasteiger partial charge in [0.25, 0.3) is 0 Å². The van der Waals surface area contributed by atoms with Gasteiger partial charge in [-0.15, -0.1) is 0 Å². The van der Waals surface area contributed by atoms with E-state index in [0.717, 1.165) is 62.6 Å². The van der Waals surface area contributed by atoms with Gasteiger partial charge >= 0.3 is 0 Å². The molecular formula is C32H43N5O3. The first-order valence-corrected chi connectivity index (χ1v) is 14.3. The number of methoxy groups -OCH3 is 2. The highest BCUT2D eigenvalue weighted by Gasteiger charge is 2.26. The van der Waals surface area contributed by atoms with Crippen LogP contribution in [0.3, 0.4) is 0 Å². The standard InChI is InChI=1S/C30H37N5O3.C2H6/c1-37-24-15-20(16-25(18-24)38-2)13-14-26(31)28-29-21(19-33-30(28)32)9-6-4-3-5-7-12-27(36)34-22-10-8-11-23(17-22)35-29;1-2/h6,9,15-16,18-19,22-23,31,35H,3-5,7-8,10-12,17H2,1-2H3,(H2,32,33)(H,34,36);1-2H3/b9-6+,31-26?;/t22?,23-;/m1./s1. The van der Waals surface area contributed by atoms with Gasteiger partial charge < -0.3 is 25.8 Å². The van der Waals surface area contributed by atoms with Crippen LogP contribution in [0.25, 0.3) is 6.08 Å². The summed E-state index contributed by atoms with van der Waals surface area (Å²) in [4.78, 5) is 16.9. The SMILES string of the molecule is CC.COc1cc(C#CC(=N)c2c(N)ncc3c2N[C@@H]2CCCC(C2)NC(=O)CCCCC/C=C/3)cc(OC)c1. The van der Waals surface area contributed by atoms with Gasteiger partial charge in [0.2, 0.25) is 5.91 Å². The number of anilines is 2. The van der Waals surface area contributed by atoms with Crippen LogP contribution in [0.2, 0.25) is 0 Å². The number of carbonyl (C=O) groups excluding carboxylic acids is 1. The Labute approximate surface area is 238 Å². The summed E-state index contributed by atoms with van der Waals surface area (Å²) >= 11 is 0. The molecule has 0 radical (unpaired) electrons. The van der Waals surface area contributed by atoms with Crippen molar-refractivity contribution in [3.63, 3.8) is 0 Å². The number of hydrogen-bond acceptors (Lipinski definition) is 7. The Balaban J connectivity index is 0.00000216. The molecule has 1 aliphatic heterocycles. The van der Waals surface area contributed by atoms with Crippen LogP contribution >= 0.6 is 0 Å². The third kappa shape index (κ3) is 8.51. The van der Waals surface area contributed by atoms with Gasteiger partial charge in [-0.2, -0.15) is 0 Å². The van der Waals surface area contributed by atoms with Gasteiger partial charge in [0.15, 0.2) is 0 Å². The van der Waals surface area contributed by atoms with E-state index in [1.165, 1.54) is 0 Å². The van der Waals surface area contributed by atoms with E-state index >= 15 is 0 Å². The maximum atomic E-state index is 12.4. The lowest BCUT2D eigenvalue weighted by Gasteiger charge is -2.32. The summed E-state index contributed by atoms with van der Waals surface area (Å²) in [5.74, 6) is 7.66. The van der Waals surface area contributed by atoms with E-state index < -0.39 is 0 Å². The molecule has 1 saturated carbocycles. The average molecular weight is 546 g/mol. The molecule has 1 aromatic heterocycles. The lowest BCUT2D eigenvalue weighted by Crippen LogP contribution is -2.42. The molecule has 2 bridgehead atoms. The molecule has 0 saturated heterocycles. The summed E-state index contributed by atoms with van der Waals surface area (Å²) in [5.41, 5.74) is 9.23. The lowest BCUT2D eigenvalue weighted by atomic mass is 9.90. The number of nitrogens with zero attached hydrogens (tertiary/aromatic N) is 1. The Morgan fingerprint density at radius 2 is 1.73 bits per heavy atom. The zero-order valence-corrected chi connectivity index (χ0v) is 24.2. The van der Waals surface area contributed by atoms with Gasteiger partial charge in [-0.05, 0) is 63.0 Å². The van der Waals surface area contributed by atoms with E-state index in [0.29, 0.717) is 29.0 Å². The third-order valence-electron chi connectivity index (χ3n) is 7.03. The number of nitrogens with one attached hydrogen (secondary N) is 3. The minimum atomic E-state index is 0.0770. The summed E-state index contributed by atoms with van der Waals surface area (Å²) in [6.45, 7) is 4.00. The second-order valence-electron chi connectivity index (χ2n) is 9.85. The summed E-state index contributed by atoms with van der Waals surface area (Å²) in [5, 5.41) is 15.8. The highest BCUT2D eigenvalue weighted by Crippen LogP contribution is 2.31. The summed E-state index contributed by atoms with van der Waals surface area (Å²) in [6, 6.07) is 5.65. The minimum Gasteiger partial charge on any atom is -0.497 e. The molecule has 8 nitrogen and oxygen atoms in total. The highest BCUT2D eigenvalue weighted by atomic mass is 16.5. The maximum Gasteiger partial charge on any atom is 0.220 e. The molecule has 2 aromatic rings. The summed E-state index contributed by atoms with van der Waals surface area (Å²) in [7, 11) is 3.17. The van der Waals surface area contributed by atoms with Crippen LogP contribution < -0.4 is 25.8 Å². The molecule has 1 fully saturated rings. The number of nitrogens with two attached hydrogens (primary N) is 1. The summed E-state index contributed by atoms with van der Waals surface area (Å²) < 4.78 is 10.7. The van der Waals surface area contributed by atoms with E-state index in [-0.39, 0.29) is 29.5 Å². The molecule has 2 aliphatic rings. The highest BCUT2D eigenvalue weighted by molar-refractivity contribution is 6.17. The number of fused-ring (bicyclic) bond motifs is 3. The van der Waals surface area contributed by atoms with E-state index in [9.17, 15) is 4.79 Å². The van der Waals surface area contributed by atoms with Gasteiger partial charge in [-0.25, -0.2) is 4.98 Å². The Kier molecular flexibility index (Phi) is 11.9. The Bertz CT molecular complexity index is 1240. The number of ether oxygens (including phenoxy) is 2. The largest absolute Gasteiger partial charge is 0.497 e. The second-order valence-corrected chi connectivity index (χ2v) is 9.85. The molecular weight excluding hydrogens is 502 g/mol. The predicted molar refractivity (Wildman–Crippen MR) is 163 cm³/mol. The molecule has 0 spiro atoms. The van der Waals surface area contributed by atoms with Crippen molar-refractivity contribution in [2.75, 3.05) is 25.3 Å². The quantitative estimate of drug-likeness (QED) is 0.280. The van der Waals surface area contributed by atoms with E-state index in [4.69, 9.17) is 20.6 Å². The molecule has 2 heterocycles. The maximum absolute atomic E-state index is 12.4. The van der Waals surface area contributed by atoms with Gasteiger partial charge in [-0.3, -0.25) is 10.2 Å². The Hall–Kier alpha value is -3.99. The molecule has 1 aromatic carbocycles. The molecule has 1 unspecified atom stereocenters. The molecule has 5 N–H and O–H groups in total. The number of benzene rings is 1. The topological polar surface area (TPSA) is 122 Å². The predicted octanol–water partition coefficient (Wildman–Crippen LogP) is 5.94. The van der Waals surface area contributed by atoms with Crippen LogP contribution in [-0.4, -0.2) is 42.9 Å². The third-order valence-corrected chi connectivity index (χ3v) is 7.03. The van der Waals surface area contributed by atoms with Crippen LogP contribution in [-0.2, 0) is 4.79 Å². The van der Waals surface area contributed by atoms with Gasteiger partial charge in [-0.1, -0.05) is 38.3 Å². The average Bonchev–Trinajstić information content (AvgIpc) is 2.97. The minimum absolute atomic E-state index is 0.0770. The fraction of sp³-hybridized carbons (Fsp3) is 0.469. The van der Waals surface area contributed by atoms with Gasteiger partial charge in [0.1, 0.15) is 23.0 Å². The number of rotatable bonds is 3. The smallest absolute Gasteiger partial charge is 0.220 e. The summed E-state index contributed by atoms with van der Waals surface area (Å²) in [6.07, 6.45) is 14.1. The van der Waals surface area contributed by atoms with Crippen molar-refractivity contribution < 1.29 is 14.3 Å².